The van der Waals surface area contributed by atoms with Crippen LogP contribution in [0.4, 0.5) is 15.8 Å². The summed E-state index contributed by atoms with van der Waals surface area (Å²) in [5, 5.41) is 16.9. The zero-order valence-corrected chi connectivity index (χ0v) is 24.6. The summed E-state index contributed by atoms with van der Waals surface area (Å²) >= 11 is 1.35. The fourth-order valence-electron chi connectivity index (χ4n) is 5.10. The van der Waals surface area contributed by atoms with Crippen molar-refractivity contribution in [3.63, 3.8) is 0 Å². The predicted molar refractivity (Wildman–Crippen MR) is 167 cm³/mol. The second kappa shape index (κ2) is 14.0. The average molecular weight is 615 g/mol. The van der Waals surface area contributed by atoms with Crippen LogP contribution in [0.2, 0.25) is 0 Å². The molecule has 0 aliphatic carbocycles. The van der Waals surface area contributed by atoms with Crippen LogP contribution in [0.3, 0.4) is 0 Å². The van der Waals surface area contributed by atoms with Gasteiger partial charge in [-0.15, -0.1) is 11.3 Å². The Balaban J connectivity index is 1.40. The molecule has 1 aliphatic rings. The Hall–Kier alpha value is -5.03. The molecule has 1 saturated heterocycles. The van der Waals surface area contributed by atoms with Crippen LogP contribution in [0.1, 0.15) is 54.8 Å². The number of amides is 3. The molecule has 3 amide bonds. The van der Waals surface area contributed by atoms with Crippen molar-refractivity contribution in [1.82, 2.24) is 10.2 Å². The average Bonchev–Trinajstić information content (AvgIpc) is 3.46. The maximum Gasteiger partial charge on any atom is 0.305 e. The van der Waals surface area contributed by atoms with Gasteiger partial charge < -0.3 is 25.5 Å². The zero-order chi connectivity index (χ0) is 31.1. The lowest BCUT2D eigenvalue weighted by molar-refractivity contribution is -0.137. The number of carboxylic acids is 1. The molecule has 226 valence electrons. The molecule has 0 spiro atoms. The van der Waals surface area contributed by atoms with E-state index < -0.39 is 29.6 Å². The fourth-order valence-corrected chi connectivity index (χ4v) is 5.88. The first kappa shape index (κ1) is 30.4. The number of hydrogen-bond donors (Lipinski definition) is 3. The van der Waals surface area contributed by atoms with Gasteiger partial charge in [-0.05, 0) is 72.5 Å². The van der Waals surface area contributed by atoms with Crippen LogP contribution >= 0.6 is 11.3 Å². The van der Waals surface area contributed by atoms with E-state index in [4.69, 9.17) is 0 Å². The number of aliphatic carboxylic acids is 1. The number of halogens is 1. The van der Waals surface area contributed by atoms with Crippen molar-refractivity contribution in [2.75, 3.05) is 36.4 Å². The van der Waals surface area contributed by atoms with E-state index in [1.165, 1.54) is 35.6 Å². The van der Waals surface area contributed by atoms with Gasteiger partial charge in [0.05, 0.1) is 23.8 Å². The lowest BCUT2D eigenvalue weighted by Gasteiger charge is -2.27. The van der Waals surface area contributed by atoms with Gasteiger partial charge in [0, 0.05) is 47.7 Å². The first-order valence-corrected chi connectivity index (χ1v) is 15.0. The smallest absolute Gasteiger partial charge is 0.305 e. The number of carbonyl (C=O) groups excluding carboxylic acids is 3. The minimum atomic E-state index is -1.05. The second-order valence-corrected chi connectivity index (χ2v) is 11.3. The number of benzene rings is 3. The van der Waals surface area contributed by atoms with Crippen LogP contribution in [0.5, 0.6) is 0 Å². The standard InChI is InChI=1S/C33H31FN4O5S/c34-25-12-9-22(10-13-25)31(41)35-26-20-24(32(42)36-27(21-30(39)40)29-8-4-19-44-29)11-14-28(26)37-15-5-16-38(18-17-37)33(43)23-6-2-1-3-7-23/h1-4,6-14,19-20,27H,5,15-18,21H2,(H,35,41)(H,36,42)(H,39,40). The molecular formula is C33H31FN4O5S. The molecule has 3 N–H and O–H groups in total. The molecule has 11 heteroatoms. The monoisotopic (exact) mass is 614 g/mol. The molecule has 0 bridgehead atoms. The lowest BCUT2D eigenvalue weighted by Crippen LogP contribution is -2.35. The van der Waals surface area contributed by atoms with E-state index in [-0.39, 0.29) is 23.5 Å². The largest absolute Gasteiger partial charge is 0.481 e. The first-order chi connectivity index (χ1) is 21.3. The van der Waals surface area contributed by atoms with Gasteiger partial charge in [0.15, 0.2) is 0 Å². The van der Waals surface area contributed by atoms with Gasteiger partial charge in [-0.3, -0.25) is 19.2 Å². The highest BCUT2D eigenvalue weighted by molar-refractivity contribution is 7.10. The molecular weight excluding hydrogens is 583 g/mol. The molecule has 4 aromatic rings. The number of rotatable bonds is 9. The Morgan fingerprint density at radius 1 is 0.818 bits per heavy atom. The van der Waals surface area contributed by atoms with Gasteiger partial charge in [-0.25, -0.2) is 4.39 Å². The molecule has 0 radical (unpaired) electrons. The number of thiophene rings is 1. The second-order valence-electron chi connectivity index (χ2n) is 10.3. The van der Waals surface area contributed by atoms with E-state index >= 15 is 0 Å². The van der Waals surface area contributed by atoms with Gasteiger partial charge >= 0.3 is 5.97 Å². The summed E-state index contributed by atoms with van der Waals surface area (Å²) in [7, 11) is 0. The molecule has 44 heavy (non-hydrogen) atoms. The van der Waals surface area contributed by atoms with Crippen LogP contribution in [-0.4, -0.2) is 59.9 Å². The highest BCUT2D eigenvalue weighted by Gasteiger charge is 2.24. The summed E-state index contributed by atoms with van der Waals surface area (Å²) in [5.41, 5.74) is 2.10. The molecule has 0 saturated carbocycles. The number of carboxylic acid groups (broad SMARTS) is 1. The van der Waals surface area contributed by atoms with Crippen LogP contribution in [0, 0.1) is 5.82 Å². The molecule has 9 nitrogen and oxygen atoms in total. The Morgan fingerprint density at radius 2 is 1.57 bits per heavy atom. The normalized spacial score (nSPS) is 13.9. The summed E-state index contributed by atoms with van der Waals surface area (Å²) in [4.78, 5) is 55.7. The van der Waals surface area contributed by atoms with Gasteiger partial charge in [0.25, 0.3) is 17.7 Å². The van der Waals surface area contributed by atoms with Crippen LogP contribution in [0.15, 0.2) is 90.3 Å². The summed E-state index contributed by atoms with van der Waals surface area (Å²) in [6.45, 7) is 2.11. The Kier molecular flexibility index (Phi) is 9.65. The van der Waals surface area contributed by atoms with Crippen molar-refractivity contribution in [1.29, 1.82) is 0 Å². The lowest BCUT2D eigenvalue weighted by atomic mass is 10.1. The Morgan fingerprint density at radius 3 is 2.27 bits per heavy atom. The molecule has 5 rings (SSSR count). The molecule has 1 fully saturated rings. The van der Waals surface area contributed by atoms with E-state index in [0.717, 1.165) is 0 Å². The number of nitrogens with zero attached hydrogens (tertiary/aromatic N) is 2. The third-order valence-electron chi connectivity index (χ3n) is 7.33. The molecule has 1 aromatic heterocycles. The number of anilines is 2. The van der Waals surface area contributed by atoms with Gasteiger partial charge in [-0.1, -0.05) is 24.3 Å². The Labute approximate surface area is 257 Å². The molecule has 3 aromatic carbocycles. The summed E-state index contributed by atoms with van der Waals surface area (Å²) in [5.74, 6) is -2.55. The maximum absolute atomic E-state index is 13.5. The van der Waals surface area contributed by atoms with E-state index in [9.17, 15) is 28.7 Å². The van der Waals surface area contributed by atoms with Crippen LogP contribution < -0.4 is 15.5 Å². The highest BCUT2D eigenvalue weighted by Crippen LogP contribution is 2.30. The zero-order valence-electron chi connectivity index (χ0n) is 23.7. The van der Waals surface area contributed by atoms with Crippen LogP contribution in [-0.2, 0) is 4.79 Å². The van der Waals surface area contributed by atoms with E-state index in [0.29, 0.717) is 54.4 Å². The van der Waals surface area contributed by atoms with Gasteiger partial charge in [0.2, 0.25) is 0 Å². The van der Waals surface area contributed by atoms with Crippen molar-refractivity contribution in [3.8, 4) is 0 Å². The SMILES string of the molecule is O=C(O)CC(NC(=O)c1ccc(N2CCCN(C(=O)c3ccccc3)CC2)c(NC(=O)c2ccc(F)cc2)c1)c1cccs1. The summed E-state index contributed by atoms with van der Waals surface area (Å²) in [6.07, 6.45) is 0.397. The van der Waals surface area contributed by atoms with Crippen molar-refractivity contribution in [3.05, 3.63) is 118 Å². The van der Waals surface area contributed by atoms with Crippen molar-refractivity contribution >= 4 is 46.4 Å². The van der Waals surface area contributed by atoms with Crippen molar-refractivity contribution in [2.24, 2.45) is 0 Å². The summed E-state index contributed by atoms with van der Waals surface area (Å²) < 4.78 is 13.5. The molecule has 1 aliphatic heterocycles. The van der Waals surface area contributed by atoms with Gasteiger partial charge in [-0.2, -0.15) is 0 Å². The third-order valence-corrected chi connectivity index (χ3v) is 8.31. The van der Waals surface area contributed by atoms with Crippen molar-refractivity contribution in [2.45, 2.75) is 18.9 Å². The predicted octanol–water partition coefficient (Wildman–Crippen LogP) is 5.44. The van der Waals surface area contributed by atoms with Gasteiger partial charge in [0.1, 0.15) is 5.82 Å². The van der Waals surface area contributed by atoms with E-state index in [2.05, 4.69) is 15.5 Å². The number of hydrogen-bond acceptors (Lipinski definition) is 6. The quantitative estimate of drug-likeness (QED) is 0.231. The first-order valence-electron chi connectivity index (χ1n) is 14.1. The fraction of sp³-hybridized carbons (Fsp3) is 0.212. The van der Waals surface area contributed by atoms with E-state index in [1.54, 1.807) is 47.4 Å². The van der Waals surface area contributed by atoms with Crippen molar-refractivity contribution < 1.29 is 28.7 Å². The maximum atomic E-state index is 13.5. The minimum absolute atomic E-state index is 0.0500. The van der Waals surface area contributed by atoms with E-state index in [1.807, 2.05) is 23.6 Å². The third kappa shape index (κ3) is 7.48. The Bertz CT molecular complexity index is 1630. The topological polar surface area (TPSA) is 119 Å². The summed E-state index contributed by atoms with van der Waals surface area (Å²) in [6, 6.07) is 22.0. The number of nitrogens with one attached hydrogen (secondary N) is 2. The minimum Gasteiger partial charge on any atom is -0.481 e. The molecule has 2 heterocycles. The van der Waals surface area contributed by atoms with Crippen LogP contribution in [0.25, 0.3) is 0 Å². The molecule has 1 unspecified atom stereocenters. The highest BCUT2D eigenvalue weighted by atomic mass is 32.1. The number of carbonyl (C=O) groups is 4. The molecule has 1 atom stereocenters.